The molecule has 0 atom stereocenters. The summed E-state index contributed by atoms with van der Waals surface area (Å²) in [5.41, 5.74) is 0.398. The third kappa shape index (κ3) is 4.99. The predicted molar refractivity (Wildman–Crippen MR) is 72.1 cm³/mol. The summed E-state index contributed by atoms with van der Waals surface area (Å²) in [6.45, 7) is 5.39. The van der Waals surface area contributed by atoms with E-state index in [1.54, 1.807) is 45.0 Å². The van der Waals surface area contributed by atoms with Gasteiger partial charge in [-0.3, -0.25) is 4.79 Å². The number of nitrogens with one attached hydrogen (secondary N) is 1. The Morgan fingerprint density at radius 1 is 1.21 bits per heavy atom. The Hall–Kier alpha value is -2.04. The van der Waals surface area contributed by atoms with Crippen molar-refractivity contribution in [2.24, 2.45) is 0 Å². The Labute approximate surface area is 112 Å². The number of carbonyl (C=O) groups is 2. The molecule has 5 heteroatoms. The molecule has 1 rings (SSSR count). The fraction of sp³-hybridized carbons (Fsp3) is 0.429. The van der Waals surface area contributed by atoms with E-state index in [2.05, 4.69) is 10.1 Å². The van der Waals surface area contributed by atoms with Gasteiger partial charge in [-0.25, -0.2) is 4.79 Å². The lowest BCUT2D eigenvalue weighted by Gasteiger charge is -2.20. The first-order chi connectivity index (χ1) is 8.83. The van der Waals surface area contributed by atoms with Crippen LogP contribution in [-0.4, -0.2) is 31.2 Å². The maximum Gasteiger partial charge on any atom is 0.339 e. The number of rotatable bonds is 4. The van der Waals surface area contributed by atoms with Gasteiger partial charge in [0.05, 0.1) is 12.7 Å². The van der Waals surface area contributed by atoms with Crippen molar-refractivity contribution in [1.29, 1.82) is 0 Å². The van der Waals surface area contributed by atoms with Crippen LogP contribution in [0, 0.1) is 0 Å². The van der Waals surface area contributed by atoms with Crippen molar-refractivity contribution in [3.05, 3.63) is 29.8 Å². The second-order valence-electron chi connectivity index (χ2n) is 4.98. The zero-order valence-electron chi connectivity index (χ0n) is 11.6. The molecule has 0 saturated heterocycles. The zero-order valence-corrected chi connectivity index (χ0v) is 11.6. The SMILES string of the molecule is COC(=O)c1ccccc1NCC(=O)OC(C)(C)C. The van der Waals surface area contributed by atoms with Crippen LogP contribution in [0.5, 0.6) is 0 Å². The lowest BCUT2D eigenvalue weighted by Crippen LogP contribution is -2.28. The van der Waals surface area contributed by atoms with E-state index in [9.17, 15) is 9.59 Å². The van der Waals surface area contributed by atoms with Crippen LogP contribution in [0.1, 0.15) is 31.1 Å². The third-order valence-electron chi connectivity index (χ3n) is 2.18. The van der Waals surface area contributed by atoms with E-state index in [1.165, 1.54) is 7.11 Å². The predicted octanol–water partition coefficient (Wildman–Crippen LogP) is 2.23. The van der Waals surface area contributed by atoms with Crippen molar-refractivity contribution in [2.45, 2.75) is 26.4 Å². The molecule has 0 saturated carbocycles. The lowest BCUT2D eigenvalue weighted by molar-refractivity contribution is -0.152. The Balaban J connectivity index is 2.68. The Morgan fingerprint density at radius 2 is 1.84 bits per heavy atom. The Bertz CT molecular complexity index is 463. The topological polar surface area (TPSA) is 64.6 Å². The van der Waals surface area contributed by atoms with E-state index in [4.69, 9.17) is 4.74 Å². The van der Waals surface area contributed by atoms with Crippen molar-refractivity contribution in [3.63, 3.8) is 0 Å². The van der Waals surface area contributed by atoms with E-state index in [0.29, 0.717) is 11.3 Å². The van der Waals surface area contributed by atoms with E-state index in [0.717, 1.165) is 0 Å². The quantitative estimate of drug-likeness (QED) is 0.846. The fourth-order valence-corrected chi connectivity index (χ4v) is 1.47. The lowest BCUT2D eigenvalue weighted by atomic mass is 10.2. The highest BCUT2D eigenvalue weighted by molar-refractivity contribution is 5.96. The van der Waals surface area contributed by atoms with Crippen LogP contribution in [0.3, 0.4) is 0 Å². The molecular formula is C14H19NO4. The van der Waals surface area contributed by atoms with Gasteiger partial charge in [-0.2, -0.15) is 0 Å². The first-order valence-electron chi connectivity index (χ1n) is 5.96. The molecule has 0 fully saturated rings. The smallest absolute Gasteiger partial charge is 0.339 e. The number of benzene rings is 1. The minimum Gasteiger partial charge on any atom is -0.465 e. The van der Waals surface area contributed by atoms with Gasteiger partial charge in [-0.05, 0) is 32.9 Å². The van der Waals surface area contributed by atoms with Gasteiger partial charge in [0.1, 0.15) is 12.1 Å². The summed E-state index contributed by atoms with van der Waals surface area (Å²) in [5, 5.41) is 2.88. The zero-order chi connectivity index (χ0) is 14.5. The summed E-state index contributed by atoms with van der Waals surface area (Å²) < 4.78 is 9.84. The molecular weight excluding hydrogens is 246 g/mol. The normalized spacial score (nSPS) is 10.7. The molecule has 104 valence electrons. The van der Waals surface area contributed by atoms with Crippen molar-refractivity contribution in [1.82, 2.24) is 0 Å². The Morgan fingerprint density at radius 3 is 2.42 bits per heavy atom. The molecule has 1 aromatic carbocycles. The number of esters is 2. The van der Waals surface area contributed by atoms with Gasteiger partial charge in [0.25, 0.3) is 0 Å². The van der Waals surface area contributed by atoms with Crippen LogP contribution in [0.15, 0.2) is 24.3 Å². The van der Waals surface area contributed by atoms with Crippen LogP contribution in [0.4, 0.5) is 5.69 Å². The fourth-order valence-electron chi connectivity index (χ4n) is 1.47. The number of ether oxygens (including phenoxy) is 2. The molecule has 0 unspecified atom stereocenters. The molecule has 0 amide bonds. The maximum atomic E-state index is 11.6. The van der Waals surface area contributed by atoms with Crippen molar-refractivity contribution >= 4 is 17.6 Å². The number of hydrogen-bond donors (Lipinski definition) is 1. The summed E-state index contributed by atoms with van der Waals surface area (Å²) in [6, 6.07) is 6.83. The highest BCUT2D eigenvalue weighted by atomic mass is 16.6. The monoisotopic (exact) mass is 265 g/mol. The van der Waals surface area contributed by atoms with Crippen LogP contribution < -0.4 is 5.32 Å². The van der Waals surface area contributed by atoms with Crippen LogP contribution in [-0.2, 0) is 14.3 Å². The minimum absolute atomic E-state index is 0.00865. The summed E-state index contributed by atoms with van der Waals surface area (Å²) in [5.74, 6) is -0.834. The molecule has 5 nitrogen and oxygen atoms in total. The second kappa shape index (κ2) is 6.22. The molecule has 0 bridgehead atoms. The second-order valence-corrected chi connectivity index (χ2v) is 4.98. The molecule has 0 aliphatic heterocycles. The Kier molecular flexibility index (Phi) is 4.92. The standard InChI is InChI=1S/C14H19NO4/c1-14(2,3)19-12(16)9-15-11-8-6-5-7-10(11)13(17)18-4/h5-8,15H,9H2,1-4H3. The minimum atomic E-state index is -0.527. The van der Waals surface area contributed by atoms with E-state index in [-0.39, 0.29) is 12.5 Å². The van der Waals surface area contributed by atoms with E-state index < -0.39 is 11.6 Å². The van der Waals surface area contributed by atoms with Gasteiger partial charge in [-0.15, -0.1) is 0 Å². The largest absolute Gasteiger partial charge is 0.465 e. The molecule has 0 aliphatic rings. The van der Waals surface area contributed by atoms with Crippen molar-refractivity contribution < 1.29 is 19.1 Å². The third-order valence-corrected chi connectivity index (χ3v) is 2.18. The number of hydrogen-bond acceptors (Lipinski definition) is 5. The summed E-state index contributed by atoms with van der Waals surface area (Å²) >= 11 is 0. The number of anilines is 1. The van der Waals surface area contributed by atoms with Gasteiger partial charge < -0.3 is 14.8 Å². The van der Waals surface area contributed by atoms with Crippen molar-refractivity contribution in [2.75, 3.05) is 19.0 Å². The average molecular weight is 265 g/mol. The van der Waals surface area contributed by atoms with Gasteiger partial charge >= 0.3 is 11.9 Å². The number of para-hydroxylation sites is 1. The summed E-state index contributed by atoms with van der Waals surface area (Å²) in [6.07, 6.45) is 0. The highest BCUT2D eigenvalue weighted by Gasteiger charge is 2.17. The molecule has 1 aromatic rings. The summed E-state index contributed by atoms with van der Waals surface area (Å²) in [4.78, 5) is 23.1. The average Bonchev–Trinajstić information content (AvgIpc) is 2.33. The van der Waals surface area contributed by atoms with E-state index in [1.807, 2.05) is 0 Å². The molecule has 0 radical (unpaired) electrons. The molecule has 0 aliphatic carbocycles. The van der Waals surface area contributed by atoms with Crippen molar-refractivity contribution in [3.8, 4) is 0 Å². The number of carbonyl (C=O) groups excluding carboxylic acids is 2. The van der Waals surface area contributed by atoms with E-state index >= 15 is 0 Å². The maximum absolute atomic E-state index is 11.6. The molecule has 0 heterocycles. The first kappa shape index (κ1) is 15.0. The van der Waals surface area contributed by atoms with Crippen LogP contribution >= 0.6 is 0 Å². The van der Waals surface area contributed by atoms with Gasteiger partial charge in [0, 0.05) is 5.69 Å². The molecule has 19 heavy (non-hydrogen) atoms. The van der Waals surface area contributed by atoms with Gasteiger partial charge in [0.2, 0.25) is 0 Å². The molecule has 1 N–H and O–H groups in total. The van der Waals surface area contributed by atoms with Gasteiger partial charge in [-0.1, -0.05) is 12.1 Å². The van der Waals surface area contributed by atoms with Crippen LogP contribution in [0.2, 0.25) is 0 Å². The van der Waals surface area contributed by atoms with Gasteiger partial charge in [0.15, 0.2) is 0 Å². The highest BCUT2D eigenvalue weighted by Crippen LogP contribution is 2.16. The molecule has 0 aromatic heterocycles. The summed E-state index contributed by atoms with van der Waals surface area (Å²) in [7, 11) is 1.31. The number of methoxy groups -OCH3 is 1. The molecule has 0 spiro atoms. The first-order valence-corrected chi connectivity index (χ1v) is 5.96. The van der Waals surface area contributed by atoms with Crippen LogP contribution in [0.25, 0.3) is 0 Å².